The average Bonchev–Trinajstić information content (AvgIpc) is 2.90. The molecular weight excluding hydrogens is 268 g/mol. The third-order valence-corrected chi connectivity index (χ3v) is 4.41. The van der Waals surface area contributed by atoms with Crippen LogP contribution in [0.1, 0.15) is 34.2 Å². The third-order valence-electron chi connectivity index (χ3n) is 3.42. The van der Waals surface area contributed by atoms with Gasteiger partial charge >= 0.3 is 0 Å². The Hall–Kier alpha value is -1.81. The van der Waals surface area contributed by atoms with E-state index in [-0.39, 0.29) is 6.04 Å². The quantitative estimate of drug-likeness (QED) is 0.737. The summed E-state index contributed by atoms with van der Waals surface area (Å²) in [5.74, 6) is 0.703. The van der Waals surface area contributed by atoms with Crippen molar-refractivity contribution >= 4 is 28.1 Å². The minimum atomic E-state index is 0.283. The number of aromatic nitrogens is 1. The summed E-state index contributed by atoms with van der Waals surface area (Å²) < 4.78 is 5.50. The molecule has 2 heterocycles. The molecule has 0 saturated carbocycles. The second-order valence-corrected chi connectivity index (χ2v) is 6.61. The molecule has 0 bridgehead atoms. The lowest BCUT2D eigenvalue weighted by atomic mass is 10.1. The molecule has 0 saturated heterocycles. The van der Waals surface area contributed by atoms with E-state index in [0.717, 1.165) is 16.8 Å². The van der Waals surface area contributed by atoms with Gasteiger partial charge in [-0.3, -0.25) is 0 Å². The highest BCUT2D eigenvalue weighted by Gasteiger charge is 2.12. The predicted molar refractivity (Wildman–Crippen MR) is 84.6 cm³/mol. The Morgan fingerprint density at radius 2 is 2.00 bits per heavy atom. The van der Waals surface area contributed by atoms with Gasteiger partial charge in [-0.25, -0.2) is 4.98 Å². The second-order valence-electron chi connectivity index (χ2n) is 5.15. The van der Waals surface area contributed by atoms with Crippen molar-refractivity contribution in [3.05, 3.63) is 45.5 Å². The van der Waals surface area contributed by atoms with Crippen LogP contribution in [0.4, 0.5) is 5.69 Å². The lowest BCUT2D eigenvalue weighted by Gasteiger charge is -2.15. The zero-order chi connectivity index (χ0) is 14.3. The molecule has 2 aromatic heterocycles. The fourth-order valence-electron chi connectivity index (χ4n) is 2.54. The molecule has 0 radical (unpaired) electrons. The Morgan fingerprint density at radius 1 is 1.20 bits per heavy atom. The van der Waals surface area contributed by atoms with Crippen LogP contribution in [0, 0.1) is 20.8 Å². The van der Waals surface area contributed by atoms with Gasteiger partial charge in [-0.05, 0) is 50.6 Å². The van der Waals surface area contributed by atoms with Crippen LogP contribution < -0.4 is 5.32 Å². The van der Waals surface area contributed by atoms with Crippen molar-refractivity contribution in [1.82, 2.24) is 4.98 Å². The predicted octanol–water partition coefficient (Wildman–Crippen LogP) is 4.99. The van der Waals surface area contributed by atoms with Gasteiger partial charge in [-0.15, -0.1) is 11.3 Å². The van der Waals surface area contributed by atoms with Gasteiger partial charge in [0, 0.05) is 28.4 Å². The maximum absolute atomic E-state index is 5.50. The first-order valence-electron chi connectivity index (χ1n) is 6.73. The van der Waals surface area contributed by atoms with Crippen molar-refractivity contribution in [1.29, 1.82) is 0 Å². The van der Waals surface area contributed by atoms with Gasteiger partial charge in [0.15, 0.2) is 11.5 Å². The summed E-state index contributed by atoms with van der Waals surface area (Å²) in [6.45, 7) is 8.38. The monoisotopic (exact) mass is 286 g/mol. The molecule has 4 heteroatoms. The van der Waals surface area contributed by atoms with Crippen LogP contribution in [0.5, 0.6) is 0 Å². The lowest BCUT2D eigenvalue weighted by molar-refractivity contribution is 0.561. The van der Waals surface area contributed by atoms with Crippen LogP contribution >= 0.6 is 11.3 Å². The number of oxazole rings is 1. The highest BCUT2D eigenvalue weighted by molar-refractivity contribution is 7.12. The number of anilines is 1. The molecule has 1 N–H and O–H groups in total. The van der Waals surface area contributed by atoms with Crippen LogP contribution in [0.25, 0.3) is 11.1 Å². The fraction of sp³-hybridized carbons (Fsp3) is 0.312. The first-order valence-corrected chi connectivity index (χ1v) is 7.55. The molecule has 1 aromatic carbocycles. The maximum Gasteiger partial charge on any atom is 0.192 e. The molecular formula is C16H18N2OS. The smallest absolute Gasteiger partial charge is 0.192 e. The molecule has 3 aromatic rings. The van der Waals surface area contributed by atoms with E-state index >= 15 is 0 Å². The summed E-state index contributed by atoms with van der Waals surface area (Å²) >= 11 is 1.85. The molecule has 1 unspecified atom stereocenters. The van der Waals surface area contributed by atoms with Crippen molar-refractivity contribution < 1.29 is 4.42 Å². The van der Waals surface area contributed by atoms with Gasteiger partial charge < -0.3 is 9.73 Å². The van der Waals surface area contributed by atoms with E-state index in [1.165, 1.54) is 15.3 Å². The first kappa shape index (κ1) is 13.2. The highest BCUT2D eigenvalue weighted by Crippen LogP contribution is 2.29. The number of nitrogens with one attached hydrogen (secondary N) is 1. The summed E-state index contributed by atoms with van der Waals surface area (Å²) in [6.07, 6.45) is 0. The van der Waals surface area contributed by atoms with E-state index < -0.39 is 0 Å². The van der Waals surface area contributed by atoms with E-state index in [4.69, 9.17) is 4.42 Å². The number of rotatable bonds is 3. The first-order chi connectivity index (χ1) is 9.52. The average molecular weight is 286 g/mol. The van der Waals surface area contributed by atoms with Gasteiger partial charge in [-0.1, -0.05) is 0 Å². The van der Waals surface area contributed by atoms with Crippen molar-refractivity contribution in [2.24, 2.45) is 0 Å². The van der Waals surface area contributed by atoms with Gasteiger partial charge in [0.25, 0.3) is 0 Å². The maximum atomic E-state index is 5.50. The van der Waals surface area contributed by atoms with Gasteiger partial charge in [-0.2, -0.15) is 0 Å². The second kappa shape index (κ2) is 4.94. The van der Waals surface area contributed by atoms with Crippen molar-refractivity contribution in [3.8, 4) is 0 Å². The van der Waals surface area contributed by atoms with E-state index in [0.29, 0.717) is 5.89 Å². The minimum Gasteiger partial charge on any atom is -0.441 e. The topological polar surface area (TPSA) is 38.1 Å². The Kier molecular flexibility index (Phi) is 3.26. The number of hydrogen-bond donors (Lipinski definition) is 1. The van der Waals surface area contributed by atoms with E-state index in [1.54, 1.807) is 0 Å². The Balaban J connectivity index is 1.86. The molecule has 0 fully saturated rings. The normalized spacial score (nSPS) is 12.8. The zero-order valence-electron chi connectivity index (χ0n) is 12.2. The summed E-state index contributed by atoms with van der Waals surface area (Å²) in [5, 5.41) is 3.54. The summed E-state index contributed by atoms with van der Waals surface area (Å²) in [4.78, 5) is 7.10. The van der Waals surface area contributed by atoms with Gasteiger partial charge in [0.2, 0.25) is 0 Å². The van der Waals surface area contributed by atoms with Crippen LogP contribution in [0.3, 0.4) is 0 Å². The van der Waals surface area contributed by atoms with Crippen LogP contribution in [0.2, 0.25) is 0 Å². The summed E-state index contributed by atoms with van der Waals surface area (Å²) in [5.41, 5.74) is 4.17. The molecule has 0 aliphatic carbocycles. The Labute approximate surface area is 122 Å². The minimum absolute atomic E-state index is 0.283. The van der Waals surface area contributed by atoms with E-state index in [9.17, 15) is 0 Å². The number of hydrogen-bond acceptors (Lipinski definition) is 4. The van der Waals surface area contributed by atoms with Crippen LogP contribution in [0.15, 0.2) is 28.7 Å². The molecule has 0 aliphatic rings. The summed E-state index contributed by atoms with van der Waals surface area (Å²) in [7, 11) is 0. The highest BCUT2D eigenvalue weighted by atomic mass is 32.1. The molecule has 1 atom stereocenters. The standard InChI is InChI=1S/C16H18N2OS/c1-9-7-14(11(3)20-9)10(2)17-13-5-6-16-15(8-13)18-12(4)19-16/h5-8,10,17H,1-4H3. The molecule has 3 rings (SSSR count). The fourth-order valence-corrected chi connectivity index (χ4v) is 3.56. The summed E-state index contributed by atoms with van der Waals surface area (Å²) in [6, 6.07) is 8.59. The largest absolute Gasteiger partial charge is 0.441 e. The molecule has 104 valence electrons. The van der Waals surface area contributed by atoms with Crippen LogP contribution in [-0.4, -0.2) is 4.98 Å². The number of nitrogens with zero attached hydrogens (tertiary/aromatic N) is 1. The van der Waals surface area contributed by atoms with Crippen molar-refractivity contribution in [2.45, 2.75) is 33.7 Å². The van der Waals surface area contributed by atoms with Crippen molar-refractivity contribution in [3.63, 3.8) is 0 Å². The molecule has 20 heavy (non-hydrogen) atoms. The Bertz CT molecular complexity index is 757. The van der Waals surface area contributed by atoms with E-state index in [1.807, 2.05) is 36.5 Å². The number of thiophene rings is 1. The van der Waals surface area contributed by atoms with Gasteiger partial charge in [0.05, 0.1) is 0 Å². The number of aryl methyl sites for hydroxylation is 3. The van der Waals surface area contributed by atoms with Crippen molar-refractivity contribution in [2.75, 3.05) is 5.32 Å². The third kappa shape index (κ3) is 2.43. The van der Waals surface area contributed by atoms with Crippen LogP contribution in [-0.2, 0) is 0 Å². The zero-order valence-corrected chi connectivity index (χ0v) is 13.0. The lowest BCUT2D eigenvalue weighted by Crippen LogP contribution is -2.06. The SMILES string of the molecule is Cc1nc2cc(NC(C)c3cc(C)sc3C)ccc2o1. The number of fused-ring (bicyclic) bond motifs is 1. The molecule has 0 amide bonds. The molecule has 3 nitrogen and oxygen atoms in total. The van der Waals surface area contributed by atoms with Gasteiger partial charge in [0.1, 0.15) is 5.52 Å². The molecule has 0 spiro atoms. The number of benzene rings is 1. The Morgan fingerprint density at radius 3 is 2.70 bits per heavy atom. The molecule has 0 aliphatic heterocycles. The van der Waals surface area contributed by atoms with E-state index in [2.05, 4.69) is 37.1 Å².